The number of nitrogens with two attached hydrogens (primary N) is 1. The highest BCUT2D eigenvalue weighted by Crippen LogP contribution is 2.26. The van der Waals surface area contributed by atoms with Crippen LogP contribution in [0.3, 0.4) is 0 Å². The Labute approximate surface area is 136 Å². The highest BCUT2D eigenvalue weighted by Gasteiger charge is 2.25. The van der Waals surface area contributed by atoms with E-state index in [1.54, 1.807) is 7.11 Å². The summed E-state index contributed by atoms with van der Waals surface area (Å²) in [5.74, 6) is 0.736. The van der Waals surface area contributed by atoms with E-state index in [2.05, 4.69) is 10.3 Å². The summed E-state index contributed by atoms with van der Waals surface area (Å²) >= 11 is 0. The zero-order chi connectivity index (χ0) is 15.0. The molecule has 4 N–H and O–H groups in total. The molecule has 6 heteroatoms. The standard InChI is InChI=1S/C16H21N3O2.ClH/c1-9-13-8-12(21-2)5-6-14(13)19-15(9)16(20)18-11-4-3-10(17)7-11;/h5-6,8,10-11,19H,3-4,7,17H2,1-2H3,(H,18,20);1H/t10-,11-;/m1./s1. The number of aromatic nitrogens is 1. The lowest BCUT2D eigenvalue weighted by molar-refractivity contribution is 0.0933. The first-order chi connectivity index (χ1) is 10.1. The van der Waals surface area contributed by atoms with Gasteiger partial charge in [0, 0.05) is 23.0 Å². The zero-order valence-electron chi connectivity index (χ0n) is 12.8. The summed E-state index contributed by atoms with van der Waals surface area (Å²) in [6, 6.07) is 6.17. The van der Waals surface area contributed by atoms with E-state index in [4.69, 9.17) is 10.5 Å². The molecule has 1 aliphatic carbocycles. The van der Waals surface area contributed by atoms with Crippen molar-refractivity contribution in [3.8, 4) is 5.75 Å². The number of amides is 1. The molecule has 22 heavy (non-hydrogen) atoms. The fourth-order valence-electron chi connectivity index (χ4n) is 3.06. The maximum absolute atomic E-state index is 12.4. The predicted molar refractivity (Wildman–Crippen MR) is 89.9 cm³/mol. The van der Waals surface area contributed by atoms with Crippen molar-refractivity contribution in [2.45, 2.75) is 38.3 Å². The molecule has 1 amide bonds. The molecule has 0 saturated heterocycles. The van der Waals surface area contributed by atoms with Crippen LogP contribution >= 0.6 is 12.4 Å². The molecule has 1 heterocycles. The molecule has 1 aliphatic rings. The van der Waals surface area contributed by atoms with Crippen LogP contribution in [0, 0.1) is 6.92 Å². The van der Waals surface area contributed by atoms with Crippen LogP contribution in [0.15, 0.2) is 18.2 Å². The van der Waals surface area contributed by atoms with E-state index < -0.39 is 0 Å². The molecule has 0 aliphatic heterocycles. The molecule has 0 spiro atoms. The Hall–Kier alpha value is -1.72. The summed E-state index contributed by atoms with van der Waals surface area (Å²) in [4.78, 5) is 15.6. The van der Waals surface area contributed by atoms with Crippen LogP contribution in [0.25, 0.3) is 10.9 Å². The Morgan fingerprint density at radius 1 is 1.41 bits per heavy atom. The number of halogens is 1. The number of carbonyl (C=O) groups excluding carboxylic acids is 1. The van der Waals surface area contributed by atoms with Gasteiger partial charge in [0.1, 0.15) is 11.4 Å². The minimum Gasteiger partial charge on any atom is -0.497 e. The molecule has 0 radical (unpaired) electrons. The van der Waals surface area contributed by atoms with Crippen molar-refractivity contribution in [3.63, 3.8) is 0 Å². The molecule has 120 valence electrons. The first-order valence-corrected chi connectivity index (χ1v) is 7.31. The Kier molecular flexibility index (Phi) is 4.98. The molecule has 0 unspecified atom stereocenters. The number of hydrogen-bond donors (Lipinski definition) is 3. The summed E-state index contributed by atoms with van der Waals surface area (Å²) in [6.07, 6.45) is 2.80. The predicted octanol–water partition coefficient (Wildman–Crippen LogP) is 2.52. The Morgan fingerprint density at radius 2 is 2.18 bits per heavy atom. The summed E-state index contributed by atoms with van der Waals surface area (Å²) in [5, 5.41) is 4.09. The van der Waals surface area contributed by atoms with Gasteiger partial charge >= 0.3 is 0 Å². The topological polar surface area (TPSA) is 80.1 Å². The summed E-state index contributed by atoms with van der Waals surface area (Å²) < 4.78 is 5.24. The largest absolute Gasteiger partial charge is 0.497 e. The number of ether oxygens (including phenoxy) is 1. The smallest absolute Gasteiger partial charge is 0.268 e. The van der Waals surface area contributed by atoms with Gasteiger partial charge in [0.25, 0.3) is 5.91 Å². The summed E-state index contributed by atoms with van der Waals surface area (Å²) in [5.41, 5.74) is 8.41. The van der Waals surface area contributed by atoms with Crippen molar-refractivity contribution >= 4 is 29.2 Å². The second-order valence-electron chi connectivity index (χ2n) is 5.78. The maximum Gasteiger partial charge on any atom is 0.268 e. The highest BCUT2D eigenvalue weighted by molar-refractivity contribution is 6.01. The number of aromatic amines is 1. The quantitative estimate of drug-likeness (QED) is 0.812. The summed E-state index contributed by atoms with van der Waals surface area (Å²) in [6.45, 7) is 1.95. The molecule has 1 aromatic heterocycles. The van der Waals surface area contributed by atoms with Gasteiger partial charge in [-0.15, -0.1) is 12.4 Å². The number of nitrogens with one attached hydrogen (secondary N) is 2. The van der Waals surface area contributed by atoms with Crippen molar-refractivity contribution in [1.82, 2.24) is 10.3 Å². The van der Waals surface area contributed by atoms with Crippen LogP contribution in [-0.4, -0.2) is 30.1 Å². The highest BCUT2D eigenvalue weighted by atomic mass is 35.5. The van der Waals surface area contributed by atoms with Gasteiger partial charge in [0.15, 0.2) is 0 Å². The lowest BCUT2D eigenvalue weighted by atomic mass is 10.1. The summed E-state index contributed by atoms with van der Waals surface area (Å²) in [7, 11) is 1.64. The molecular formula is C16H22ClN3O2. The first-order valence-electron chi connectivity index (χ1n) is 7.31. The Balaban J connectivity index is 0.00000176. The third-order valence-corrected chi connectivity index (χ3v) is 4.30. The average Bonchev–Trinajstić information content (AvgIpc) is 3.02. The molecule has 2 atom stereocenters. The Bertz CT molecular complexity index is 683. The van der Waals surface area contributed by atoms with Gasteiger partial charge in [-0.1, -0.05) is 0 Å². The number of methoxy groups -OCH3 is 1. The van der Waals surface area contributed by atoms with Crippen LogP contribution < -0.4 is 15.8 Å². The SMILES string of the molecule is COc1ccc2[nH]c(C(=O)N[C@@H]3CC[C@@H](N)C3)c(C)c2c1.Cl. The third-order valence-electron chi connectivity index (χ3n) is 4.30. The molecule has 0 bridgehead atoms. The van der Waals surface area contributed by atoms with Gasteiger partial charge in [-0.3, -0.25) is 4.79 Å². The number of benzene rings is 1. The van der Waals surface area contributed by atoms with E-state index in [0.29, 0.717) is 5.69 Å². The molecule has 1 aromatic carbocycles. The van der Waals surface area contributed by atoms with E-state index in [1.807, 2.05) is 25.1 Å². The van der Waals surface area contributed by atoms with E-state index in [1.165, 1.54) is 0 Å². The first kappa shape index (κ1) is 16.6. The molecule has 1 fully saturated rings. The second-order valence-corrected chi connectivity index (χ2v) is 5.78. The third kappa shape index (κ3) is 3.05. The second kappa shape index (κ2) is 6.58. The van der Waals surface area contributed by atoms with Crippen molar-refractivity contribution in [2.75, 3.05) is 7.11 Å². The molecule has 1 saturated carbocycles. The number of fused-ring (bicyclic) bond motifs is 1. The van der Waals surface area contributed by atoms with Crippen LogP contribution in [0.5, 0.6) is 5.75 Å². The molecular weight excluding hydrogens is 302 g/mol. The van der Waals surface area contributed by atoms with Gasteiger partial charge < -0.3 is 20.8 Å². The maximum atomic E-state index is 12.4. The zero-order valence-corrected chi connectivity index (χ0v) is 13.6. The van der Waals surface area contributed by atoms with Gasteiger partial charge in [0.05, 0.1) is 7.11 Å². The van der Waals surface area contributed by atoms with Crippen molar-refractivity contribution in [2.24, 2.45) is 5.73 Å². The van der Waals surface area contributed by atoms with Crippen LogP contribution in [0.2, 0.25) is 0 Å². The average molecular weight is 324 g/mol. The van der Waals surface area contributed by atoms with Gasteiger partial charge in [-0.2, -0.15) is 0 Å². The van der Waals surface area contributed by atoms with E-state index in [-0.39, 0.29) is 30.4 Å². The monoisotopic (exact) mass is 323 g/mol. The van der Waals surface area contributed by atoms with Crippen LogP contribution in [-0.2, 0) is 0 Å². The van der Waals surface area contributed by atoms with E-state index in [0.717, 1.165) is 41.5 Å². The van der Waals surface area contributed by atoms with Crippen LogP contribution in [0.4, 0.5) is 0 Å². The minimum atomic E-state index is -0.0539. The lowest BCUT2D eigenvalue weighted by Crippen LogP contribution is -2.34. The fourth-order valence-corrected chi connectivity index (χ4v) is 3.06. The lowest BCUT2D eigenvalue weighted by Gasteiger charge is -2.11. The number of rotatable bonds is 3. The van der Waals surface area contributed by atoms with Crippen molar-refractivity contribution in [3.05, 3.63) is 29.5 Å². The fraction of sp³-hybridized carbons (Fsp3) is 0.438. The number of carbonyl (C=O) groups is 1. The molecule has 5 nitrogen and oxygen atoms in total. The normalized spacial score (nSPS) is 20.7. The van der Waals surface area contributed by atoms with E-state index in [9.17, 15) is 4.79 Å². The minimum absolute atomic E-state index is 0. The molecule has 3 rings (SSSR count). The number of hydrogen-bond acceptors (Lipinski definition) is 3. The van der Waals surface area contributed by atoms with E-state index >= 15 is 0 Å². The van der Waals surface area contributed by atoms with Crippen molar-refractivity contribution < 1.29 is 9.53 Å². The van der Waals surface area contributed by atoms with Crippen LogP contribution in [0.1, 0.15) is 35.3 Å². The van der Waals surface area contributed by atoms with Gasteiger partial charge in [-0.05, 0) is 49.9 Å². The number of H-pyrrole nitrogens is 1. The van der Waals surface area contributed by atoms with Crippen molar-refractivity contribution in [1.29, 1.82) is 0 Å². The molecule has 2 aromatic rings. The number of aryl methyl sites for hydroxylation is 1. The van der Waals surface area contributed by atoms with Gasteiger partial charge in [-0.25, -0.2) is 0 Å². The Morgan fingerprint density at radius 3 is 2.82 bits per heavy atom. The van der Waals surface area contributed by atoms with Gasteiger partial charge in [0.2, 0.25) is 0 Å².